The van der Waals surface area contributed by atoms with E-state index in [0.29, 0.717) is 42.4 Å². The molecule has 2 heterocycles. The molecule has 1 aromatic carbocycles. The van der Waals surface area contributed by atoms with Gasteiger partial charge in [0.25, 0.3) is 0 Å². The lowest BCUT2D eigenvalue weighted by Gasteiger charge is -2.38. The van der Waals surface area contributed by atoms with Gasteiger partial charge in [0, 0.05) is 18.0 Å². The van der Waals surface area contributed by atoms with Crippen molar-refractivity contribution in [3.05, 3.63) is 51.9 Å². The molecule has 1 saturated heterocycles. The maximum atomic E-state index is 12.9. The maximum Gasteiger partial charge on any atom is 0.314 e. The van der Waals surface area contributed by atoms with Gasteiger partial charge in [-0.25, -0.2) is 0 Å². The largest absolute Gasteiger partial charge is 0.481 e. The molecule has 1 aliphatic heterocycles. The third-order valence-electron chi connectivity index (χ3n) is 7.67. The molecule has 34 heavy (non-hydrogen) atoms. The number of thiophene rings is 1. The monoisotopic (exact) mass is 479 g/mol. The van der Waals surface area contributed by atoms with E-state index in [1.165, 1.54) is 4.88 Å². The first-order valence-electron chi connectivity index (χ1n) is 12.0. The Hall–Kier alpha value is -2.69. The van der Waals surface area contributed by atoms with Crippen molar-refractivity contribution in [1.82, 2.24) is 4.90 Å². The molecule has 180 valence electrons. The number of aliphatic carboxylic acids is 1. The van der Waals surface area contributed by atoms with Crippen molar-refractivity contribution in [3.63, 3.8) is 0 Å². The van der Waals surface area contributed by atoms with Gasteiger partial charge in [-0.05, 0) is 54.6 Å². The fraction of sp³-hybridized carbons (Fsp3) is 0.519. The van der Waals surface area contributed by atoms with Gasteiger partial charge < -0.3 is 10.4 Å². The number of nitriles is 1. The molecule has 4 rings (SSSR count). The Morgan fingerprint density at radius 2 is 1.91 bits per heavy atom. The zero-order chi connectivity index (χ0) is 24.5. The van der Waals surface area contributed by atoms with Crippen molar-refractivity contribution in [2.75, 3.05) is 25.0 Å². The number of hydrogen-bond donors (Lipinski definition) is 2. The maximum absolute atomic E-state index is 12.9. The van der Waals surface area contributed by atoms with Crippen molar-refractivity contribution in [2.24, 2.45) is 11.3 Å². The number of carbonyl (C=O) groups excluding carboxylic acids is 1. The topological polar surface area (TPSA) is 93.4 Å². The summed E-state index contributed by atoms with van der Waals surface area (Å²) in [6.07, 6.45) is 3.83. The van der Waals surface area contributed by atoms with Crippen molar-refractivity contribution in [3.8, 4) is 6.07 Å². The molecule has 2 N–H and O–H groups in total. The van der Waals surface area contributed by atoms with Crippen LogP contribution in [0.25, 0.3) is 0 Å². The van der Waals surface area contributed by atoms with Crippen molar-refractivity contribution in [2.45, 2.75) is 58.3 Å². The van der Waals surface area contributed by atoms with Crippen molar-refractivity contribution >= 4 is 28.2 Å². The van der Waals surface area contributed by atoms with Crippen LogP contribution in [0.4, 0.5) is 5.00 Å². The summed E-state index contributed by atoms with van der Waals surface area (Å²) in [6.45, 7) is 8.06. The van der Waals surface area contributed by atoms with E-state index in [1.807, 2.05) is 35.2 Å². The van der Waals surface area contributed by atoms with Gasteiger partial charge in [-0.3, -0.25) is 14.5 Å². The zero-order valence-corrected chi connectivity index (χ0v) is 21.0. The molecule has 1 amide bonds. The number of fused-ring (bicyclic) bond motifs is 1. The van der Waals surface area contributed by atoms with Crippen LogP contribution in [0.3, 0.4) is 0 Å². The van der Waals surface area contributed by atoms with Crippen LogP contribution >= 0.6 is 11.3 Å². The predicted molar refractivity (Wildman–Crippen MR) is 134 cm³/mol. The molecule has 1 aromatic heterocycles. The summed E-state index contributed by atoms with van der Waals surface area (Å²) >= 11 is 1.55. The van der Waals surface area contributed by atoms with Crippen LogP contribution in [0, 0.1) is 22.7 Å². The summed E-state index contributed by atoms with van der Waals surface area (Å²) in [6, 6.07) is 11.7. The highest BCUT2D eigenvalue weighted by Gasteiger charge is 2.43. The fourth-order valence-electron chi connectivity index (χ4n) is 5.38. The van der Waals surface area contributed by atoms with Gasteiger partial charge in [-0.15, -0.1) is 11.3 Å². The van der Waals surface area contributed by atoms with E-state index in [0.717, 1.165) is 30.4 Å². The molecule has 0 saturated carbocycles. The van der Waals surface area contributed by atoms with Gasteiger partial charge in [0.1, 0.15) is 11.1 Å². The van der Waals surface area contributed by atoms with Crippen LogP contribution in [-0.2, 0) is 27.8 Å². The Labute approximate surface area is 205 Å². The zero-order valence-electron chi connectivity index (χ0n) is 20.2. The van der Waals surface area contributed by atoms with Crippen molar-refractivity contribution < 1.29 is 14.7 Å². The van der Waals surface area contributed by atoms with E-state index < -0.39 is 11.4 Å². The van der Waals surface area contributed by atoms with Gasteiger partial charge in [0.05, 0.1) is 17.5 Å². The third-order valence-corrected chi connectivity index (χ3v) is 8.84. The molecule has 2 aliphatic rings. The summed E-state index contributed by atoms with van der Waals surface area (Å²) in [7, 11) is 0. The van der Waals surface area contributed by atoms with E-state index in [4.69, 9.17) is 0 Å². The highest BCUT2D eigenvalue weighted by atomic mass is 32.1. The summed E-state index contributed by atoms with van der Waals surface area (Å²) in [4.78, 5) is 28.3. The van der Waals surface area contributed by atoms with Gasteiger partial charge in [-0.1, -0.05) is 51.1 Å². The summed E-state index contributed by atoms with van der Waals surface area (Å²) in [5.41, 5.74) is 1.86. The van der Waals surface area contributed by atoms with Crippen LogP contribution in [-0.4, -0.2) is 41.5 Å². The molecule has 0 radical (unpaired) electrons. The quantitative estimate of drug-likeness (QED) is 0.641. The highest BCUT2D eigenvalue weighted by Crippen LogP contribution is 2.44. The highest BCUT2D eigenvalue weighted by molar-refractivity contribution is 7.16. The second kappa shape index (κ2) is 9.52. The number of carboxylic acids is 1. The number of nitrogens with zero attached hydrogens (tertiary/aromatic N) is 2. The van der Waals surface area contributed by atoms with E-state index in [-0.39, 0.29) is 17.9 Å². The van der Waals surface area contributed by atoms with E-state index >= 15 is 0 Å². The Kier molecular flexibility index (Phi) is 6.84. The summed E-state index contributed by atoms with van der Waals surface area (Å²) < 4.78 is 0. The third kappa shape index (κ3) is 4.75. The normalized spacial score (nSPS) is 20.2. The lowest BCUT2D eigenvalue weighted by molar-refractivity contribution is -0.146. The number of anilines is 1. The smallest absolute Gasteiger partial charge is 0.314 e. The van der Waals surface area contributed by atoms with E-state index in [1.54, 1.807) is 11.3 Å². The number of hydrogen-bond acceptors (Lipinski definition) is 5. The van der Waals surface area contributed by atoms with Crippen LogP contribution in [0.5, 0.6) is 0 Å². The second-order valence-electron chi connectivity index (χ2n) is 10.7. The second-order valence-corrected chi connectivity index (χ2v) is 11.8. The molecule has 1 fully saturated rings. The van der Waals surface area contributed by atoms with Crippen LogP contribution in [0.2, 0.25) is 0 Å². The molecule has 7 heteroatoms. The molecule has 6 nitrogen and oxygen atoms in total. The number of nitrogens with one attached hydrogen (secondary N) is 1. The lowest BCUT2D eigenvalue weighted by atomic mass is 9.72. The average Bonchev–Trinajstić information content (AvgIpc) is 3.15. The molecule has 2 aromatic rings. The molecular weight excluding hydrogens is 446 g/mol. The predicted octanol–water partition coefficient (Wildman–Crippen LogP) is 4.83. The summed E-state index contributed by atoms with van der Waals surface area (Å²) in [5.74, 6) is -0.384. The van der Waals surface area contributed by atoms with E-state index in [9.17, 15) is 20.0 Å². The van der Waals surface area contributed by atoms with Gasteiger partial charge in [0.2, 0.25) is 5.91 Å². The number of likely N-dealkylation sites (tertiary alicyclic amines) is 1. The Morgan fingerprint density at radius 1 is 1.24 bits per heavy atom. The van der Waals surface area contributed by atoms with Crippen LogP contribution < -0.4 is 5.32 Å². The number of amides is 1. The molecule has 0 spiro atoms. The SMILES string of the molecule is CC(C)(C)[C@@H]1CCc2c(sc(NC(=O)CN3CCC(C(=O)O)(c4ccccc4)CC3)c2C#N)C1. The minimum absolute atomic E-state index is 0.148. The molecule has 1 aliphatic carbocycles. The first-order valence-corrected chi connectivity index (χ1v) is 12.8. The minimum atomic E-state index is -0.904. The first kappa shape index (κ1) is 24.4. The summed E-state index contributed by atoms with van der Waals surface area (Å²) in [5, 5.41) is 23.4. The molecule has 1 atom stereocenters. The van der Waals surface area contributed by atoms with Gasteiger partial charge >= 0.3 is 5.97 Å². The van der Waals surface area contributed by atoms with Crippen molar-refractivity contribution in [1.29, 1.82) is 5.26 Å². The number of rotatable bonds is 5. The van der Waals surface area contributed by atoms with E-state index in [2.05, 4.69) is 32.2 Å². The number of carboxylic acid groups (broad SMARTS) is 1. The van der Waals surface area contributed by atoms with Gasteiger partial charge in [0.15, 0.2) is 0 Å². The van der Waals surface area contributed by atoms with Gasteiger partial charge in [-0.2, -0.15) is 5.26 Å². The minimum Gasteiger partial charge on any atom is -0.481 e. The Morgan fingerprint density at radius 3 is 2.50 bits per heavy atom. The lowest BCUT2D eigenvalue weighted by Crippen LogP contribution is -2.49. The first-order chi connectivity index (χ1) is 16.1. The number of piperidine rings is 1. The average molecular weight is 480 g/mol. The number of benzene rings is 1. The molecular formula is C27H33N3O3S. The fourth-order valence-corrected chi connectivity index (χ4v) is 6.67. The standard InChI is InChI=1S/C27H33N3O3S/c1-26(2,3)19-9-10-20-21(16-28)24(34-22(20)15-19)29-23(31)17-30-13-11-27(12-14-30,25(32)33)18-7-5-4-6-8-18/h4-8,19H,9-15,17H2,1-3H3,(H,29,31)(H,32,33)/t19-/m1/s1. The van der Waals surface area contributed by atoms with Crippen LogP contribution in [0.15, 0.2) is 30.3 Å². The Balaban J connectivity index is 1.40. The number of carbonyl (C=O) groups is 2. The molecule has 0 unspecified atom stereocenters. The molecule has 0 bridgehead atoms. The Bertz CT molecular complexity index is 1100. The van der Waals surface area contributed by atoms with Crippen LogP contribution in [0.1, 0.15) is 61.6 Å².